The highest BCUT2D eigenvalue weighted by Gasteiger charge is 2.13. The standard InChI is InChI=1S/C13H16N2O2S/c1-4-8(2)12(16)15-13-14-10-6-5-9(17-3)7-11(10)18-13/h5-8H,4H2,1-3H3,(H,14,15,16)/t8-/m1/s1. The Morgan fingerprint density at radius 3 is 3.00 bits per heavy atom. The number of methoxy groups -OCH3 is 1. The summed E-state index contributed by atoms with van der Waals surface area (Å²) in [6, 6.07) is 5.68. The molecule has 0 fully saturated rings. The molecule has 1 atom stereocenters. The smallest absolute Gasteiger partial charge is 0.228 e. The predicted octanol–water partition coefficient (Wildman–Crippen LogP) is 3.29. The summed E-state index contributed by atoms with van der Waals surface area (Å²) in [7, 11) is 1.63. The largest absolute Gasteiger partial charge is 0.497 e. The summed E-state index contributed by atoms with van der Waals surface area (Å²) < 4.78 is 6.17. The molecule has 4 nitrogen and oxygen atoms in total. The second-order valence-corrected chi connectivity index (χ2v) is 5.18. The maximum Gasteiger partial charge on any atom is 0.228 e. The van der Waals surface area contributed by atoms with Crippen LogP contribution in [0.25, 0.3) is 10.2 Å². The van der Waals surface area contributed by atoms with E-state index in [2.05, 4.69) is 10.3 Å². The van der Waals surface area contributed by atoms with Gasteiger partial charge in [0.1, 0.15) is 5.75 Å². The molecule has 0 unspecified atom stereocenters. The third kappa shape index (κ3) is 2.61. The first-order chi connectivity index (χ1) is 8.63. The SMILES string of the molecule is CC[C@@H](C)C(=O)Nc1nc2ccc(OC)cc2s1. The monoisotopic (exact) mass is 264 g/mol. The molecule has 96 valence electrons. The molecule has 0 radical (unpaired) electrons. The zero-order valence-corrected chi connectivity index (χ0v) is 11.5. The summed E-state index contributed by atoms with van der Waals surface area (Å²) in [4.78, 5) is 16.2. The van der Waals surface area contributed by atoms with Gasteiger partial charge in [-0.2, -0.15) is 0 Å². The Kier molecular flexibility index (Phi) is 3.81. The number of fused-ring (bicyclic) bond motifs is 1. The molecular weight excluding hydrogens is 248 g/mol. The van der Waals surface area contributed by atoms with E-state index in [1.807, 2.05) is 32.0 Å². The molecule has 0 saturated heterocycles. The van der Waals surface area contributed by atoms with Gasteiger partial charge in [0.2, 0.25) is 5.91 Å². The summed E-state index contributed by atoms with van der Waals surface area (Å²) in [6.07, 6.45) is 0.824. The lowest BCUT2D eigenvalue weighted by Crippen LogP contribution is -2.19. The third-order valence-corrected chi connectivity index (χ3v) is 3.82. The lowest BCUT2D eigenvalue weighted by molar-refractivity contribution is -0.119. The number of anilines is 1. The second-order valence-electron chi connectivity index (χ2n) is 4.15. The maximum atomic E-state index is 11.8. The zero-order valence-electron chi connectivity index (χ0n) is 10.7. The lowest BCUT2D eigenvalue weighted by atomic mass is 10.1. The van der Waals surface area contributed by atoms with Crippen molar-refractivity contribution in [3.05, 3.63) is 18.2 Å². The summed E-state index contributed by atoms with van der Waals surface area (Å²) in [5, 5.41) is 3.49. The topological polar surface area (TPSA) is 51.2 Å². The van der Waals surface area contributed by atoms with Gasteiger partial charge in [0.05, 0.1) is 17.3 Å². The third-order valence-electron chi connectivity index (χ3n) is 2.89. The van der Waals surface area contributed by atoms with Gasteiger partial charge in [-0.25, -0.2) is 4.98 Å². The van der Waals surface area contributed by atoms with E-state index < -0.39 is 0 Å². The van der Waals surface area contributed by atoms with E-state index in [9.17, 15) is 4.79 Å². The quantitative estimate of drug-likeness (QED) is 0.922. The number of rotatable bonds is 4. The number of carbonyl (C=O) groups is 1. The number of carbonyl (C=O) groups excluding carboxylic acids is 1. The number of ether oxygens (including phenoxy) is 1. The number of nitrogens with zero attached hydrogens (tertiary/aromatic N) is 1. The molecule has 2 rings (SSSR count). The summed E-state index contributed by atoms with van der Waals surface area (Å²) in [5.41, 5.74) is 0.875. The number of aromatic nitrogens is 1. The minimum atomic E-state index is 0.00606. The van der Waals surface area contributed by atoms with E-state index in [1.54, 1.807) is 7.11 Å². The molecule has 1 aromatic heterocycles. The van der Waals surface area contributed by atoms with Crippen molar-refractivity contribution in [1.82, 2.24) is 4.98 Å². The Hall–Kier alpha value is -1.62. The molecule has 2 aromatic rings. The summed E-state index contributed by atoms with van der Waals surface area (Å²) >= 11 is 1.46. The van der Waals surface area contributed by atoms with Crippen molar-refractivity contribution in [3.63, 3.8) is 0 Å². The Morgan fingerprint density at radius 2 is 2.33 bits per heavy atom. The van der Waals surface area contributed by atoms with Gasteiger partial charge in [-0.3, -0.25) is 4.79 Å². The normalized spacial score (nSPS) is 12.4. The molecule has 1 heterocycles. The van der Waals surface area contributed by atoms with Crippen LogP contribution >= 0.6 is 11.3 Å². The van der Waals surface area contributed by atoms with Crippen LogP contribution in [0.3, 0.4) is 0 Å². The molecular formula is C13H16N2O2S. The van der Waals surface area contributed by atoms with E-state index in [1.165, 1.54) is 11.3 Å². The van der Waals surface area contributed by atoms with E-state index in [4.69, 9.17) is 4.74 Å². The second kappa shape index (κ2) is 5.35. The van der Waals surface area contributed by atoms with E-state index in [-0.39, 0.29) is 11.8 Å². The Labute approximate surface area is 110 Å². The van der Waals surface area contributed by atoms with Crippen molar-refractivity contribution in [2.24, 2.45) is 5.92 Å². The number of thiazole rings is 1. The van der Waals surface area contributed by atoms with Gasteiger partial charge in [0.15, 0.2) is 5.13 Å². The average molecular weight is 264 g/mol. The van der Waals surface area contributed by atoms with Gasteiger partial charge in [-0.15, -0.1) is 0 Å². The number of hydrogen-bond donors (Lipinski definition) is 1. The number of hydrogen-bond acceptors (Lipinski definition) is 4. The van der Waals surface area contributed by atoms with Gasteiger partial charge < -0.3 is 10.1 Å². The highest BCUT2D eigenvalue weighted by molar-refractivity contribution is 7.22. The molecule has 0 aliphatic rings. The van der Waals surface area contributed by atoms with Gasteiger partial charge >= 0.3 is 0 Å². The maximum absolute atomic E-state index is 11.8. The molecule has 0 saturated carbocycles. The van der Waals surface area contributed by atoms with Gasteiger partial charge in [0.25, 0.3) is 0 Å². The summed E-state index contributed by atoms with van der Waals surface area (Å²) in [6.45, 7) is 3.90. The fraction of sp³-hybridized carbons (Fsp3) is 0.385. The fourth-order valence-corrected chi connectivity index (χ4v) is 2.40. The van der Waals surface area contributed by atoms with Crippen LogP contribution in [0, 0.1) is 5.92 Å². The first-order valence-electron chi connectivity index (χ1n) is 5.89. The molecule has 5 heteroatoms. The van der Waals surface area contributed by atoms with Crippen molar-refractivity contribution < 1.29 is 9.53 Å². The van der Waals surface area contributed by atoms with E-state index in [0.717, 1.165) is 22.4 Å². The molecule has 1 amide bonds. The molecule has 1 aromatic carbocycles. The van der Waals surface area contributed by atoms with E-state index in [0.29, 0.717) is 5.13 Å². The van der Waals surface area contributed by atoms with Crippen molar-refractivity contribution >= 4 is 32.6 Å². The zero-order chi connectivity index (χ0) is 13.1. The highest BCUT2D eigenvalue weighted by Crippen LogP contribution is 2.29. The lowest BCUT2D eigenvalue weighted by Gasteiger charge is -2.06. The minimum absolute atomic E-state index is 0.00606. The molecule has 0 spiro atoms. The highest BCUT2D eigenvalue weighted by atomic mass is 32.1. The van der Waals surface area contributed by atoms with Crippen LogP contribution in [0.15, 0.2) is 18.2 Å². The molecule has 18 heavy (non-hydrogen) atoms. The first-order valence-corrected chi connectivity index (χ1v) is 6.71. The number of amides is 1. The van der Waals surface area contributed by atoms with Gasteiger partial charge in [0, 0.05) is 5.92 Å². The van der Waals surface area contributed by atoms with Crippen LogP contribution in [-0.4, -0.2) is 18.0 Å². The van der Waals surface area contributed by atoms with Crippen molar-refractivity contribution in [1.29, 1.82) is 0 Å². The van der Waals surface area contributed by atoms with E-state index >= 15 is 0 Å². The number of benzene rings is 1. The molecule has 0 aliphatic heterocycles. The van der Waals surface area contributed by atoms with Crippen LogP contribution in [0.1, 0.15) is 20.3 Å². The summed E-state index contributed by atoms with van der Waals surface area (Å²) in [5.74, 6) is 0.820. The van der Waals surface area contributed by atoms with Crippen LogP contribution in [0.2, 0.25) is 0 Å². The Balaban J connectivity index is 2.22. The van der Waals surface area contributed by atoms with Gasteiger partial charge in [-0.05, 0) is 24.6 Å². The van der Waals surface area contributed by atoms with Crippen LogP contribution in [0.4, 0.5) is 5.13 Å². The molecule has 0 aliphatic carbocycles. The fourth-order valence-electron chi connectivity index (χ4n) is 1.50. The van der Waals surface area contributed by atoms with Crippen molar-refractivity contribution in [2.75, 3.05) is 12.4 Å². The number of nitrogens with one attached hydrogen (secondary N) is 1. The Morgan fingerprint density at radius 1 is 1.56 bits per heavy atom. The van der Waals surface area contributed by atoms with Crippen LogP contribution in [0.5, 0.6) is 5.75 Å². The van der Waals surface area contributed by atoms with Crippen molar-refractivity contribution in [2.45, 2.75) is 20.3 Å². The predicted molar refractivity (Wildman–Crippen MR) is 74.3 cm³/mol. The molecule has 1 N–H and O–H groups in total. The van der Waals surface area contributed by atoms with Crippen molar-refractivity contribution in [3.8, 4) is 5.75 Å². The van der Waals surface area contributed by atoms with Crippen LogP contribution < -0.4 is 10.1 Å². The Bertz CT molecular complexity index is 565. The minimum Gasteiger partial charge on any atom is -0.497 e. The molecule has 0 bridgehead atoms. The van der Waals surface area contributed by atoms with Gasteiger partial charge in [-0.1, -0.05) is 25.2 Å². The first kappa shape index (κ1) is 12.8. The average Bonchev–Trinajstić information content (AvgIpc) is 2.78. The van der Waals surface area contributed by atoms with Crippen LogP contribution in [-0.2, 0) is 4.79 Å².